The maximum atomic E-state index is 11.8. The number of hydrogen-bond donors (Lipinski definition) is 3. The summed E-state index contributed by atoms with van der Waals surface area (Å²) >= 11 is 0. The number of anilines is 2. The van der Waals surface area contributed by atoms with Crippen molar-refractivity contribution < 1.29 is 14.3 Å². The molecule has 0 bridgehead atoms. The molecule has 1 aromatic rings. The molecular formula is C15H23N3O3. The van der Waals surface area contributed by atoms with Gasteiger partial charge in [0, 0.05) is 24.4 Å². The smallest absolute Gasteiger partial charge is 0.226 e. The normalized spacial score (nSPS) is 10.9. The van der Waals surface area contributed by atoms with E-state index in [2.05, 4.69) is 10.6 Å². The van der Waals surface area contributed by atoms with Crippen LogP contribution in [0.1, 0.15) is 27.2 Å². The molecule has 0 aromatic heterocycles. The van der Waals surface area contributed by atoms with E-state index < -0.39 is 5.41 Å². The lowest BCUT2D eigenvalue weighted by atomic mass is 9.96. The topological polar surface area (TPSA) is 93.4 Å². The quantitative estimate of drug-likeness (QED) is 0.721. The highest BCUT2D eigenvalue weighted by atomic mass is 16.5. The molecule has 21 heavy (non-hydrogen) atoms. The SMILES string of the molecule is COc1ccc(N)c(NC(=O)CCNC(=O)C(C)(C)C)c1. The van der Waals surface area contributed by atoms with Gasteiger partial charge in [0.25, 0.3) is 0 Å². The van der Waals surface area contributed by atoms with E-state index in [1.165, 1.54) is 0 Å². The van der Waals surface area contributed by atoms with Crippen molar-refractivity contribution in [1.29, 1.82) is 0 Å². The summed E-state index contributed by atoms with van der Waals surface area (Å²) < 4.78 is 5.08. The fraction of sp³-hybridized carbons (Fsp3) is 0.467. The van der Waals surface area contributed by atoms with Crippen molar-refractivity contribution in [3.05, 3.63) is 18.2 Å². The number of carbonyl (C=O) groups excluding carboxylic acids is 2. The monoisotopic (exact) mass is 293 g/mol. The number of nitrogens with two attached hydrogens (primary N) is 1. The molecule has 4 N–H and O–H groups in total. The number of carbonyl (C=O) groups is 2. The molecule has 0 saturated carbocycles. The van der Waals surface area contributed by atoms with Crippen molar-refractivity contribution >= 4 is 23.2 Å². The van der Waals surface area contributed by atoms with Crippen LogP contribution in [-0.4, -0.2) is 25.5 Å². The Labute approximate surface area is 125 Å². The van der Waals surface area contributed by atoms with Crippen molar-refractivity contribution in [3.63, 3.8) is 0 Å². The highest BCUT2D eigenvalue weighted by Gasteiger charge is 2.20. The van der Waals surface area contributed by atoms with Gasteiger partial charge in [-0.05, 0) is 12.1 Å². The van der Waals surface area contributed by atoms with Crippen LogP contribution in [-0.2, 0) is 9.59 Å². The average molecular weight is 293 g/mol. The minimum absolute atomic E-state index is 0.0869. The largest absolute Gasteiger partial charge is 0.497 e. The molecular weight excluding hydrogens is 270 g/mol. The van der Waals surface area contributed by atoms with Gasteiger partial charge in [-0.3, -0.25) is 9.59 Å². The molecule has 0 saturated heterocycles. The Kier molecular flexibility index (Phi) is 5.58. The summed E-state index contributed by atoms with van der Waals surface area (Å²) in [4.78, 5) is 23.5. The lowest BCUT2D eigenvalue weighted by Gasteiger charge is -2.17. The molecule has 0 unspecified atom stereocenters. The second-order valence-electron chi connectivity index (χ2n) is 5.76. The Morgan fingerprint density at radius 3 is 2.52 bits per heavy atom. The van der Waals surface area contributed by atoms with Crippen molar-refractivity contribution in [2.24, 2.45) is 5.41 Å². The number of rotatable bonds is 5. The minimum atomic E-state index is -0.465. The van der Waals surface area contributed by atoms with Gasteiger partial charge in [-0.15, -0.1) is 0 Å². The van der Waals surface area contributed by atoms with Crippen molar-refractivity contribution in [1.82, 2.24) is 5.32 Å². The van der Waals surface area contributed by atoms with Crippen LogP contribution >= 0.6 is 0 Å². The summed E-state index contributed by atoms with van der Waals surface area (Å²) in [7, 11) is 1.54. The zero-order valence-electron chi connectivity index (χ0n) is 12.9. The van der Waals surface area contributed by atoms with Crippen LogP contribution in [0.2, 0.25) is 0 Å². The minimum Gasteiger partial charge on any atom is -0.497 e. The molecule has 0 heterocycles. The zero-order chi connectivity index (χ0) is 16.0. The summed E-state index contributed by atoms with van der Waals surface area (Å²) in [5, 5.41) is 5.42. The molecule has 0 spiro atoms. The van der Waals surface area contributed by atoms with Gasteiger partial charge in [0.2, 0.25) is 11.8 Å². The first-order valence-corrected chi connectivity index (χ1v) is 6.75. The first kappa shape index (κ1) is 16.8. The maximum Gasteiger partial charge on any atom is 0.226 e. The van der Waals surface area contributed by atoms with Crippen LogP contribution in [0.25, 0.3) is 0 Å². The molecule has 1 aromatic carbocycles. The predicted molar refractivity (Wildman–Crippen MR) is 83.1 cm³/mol. The molecule has 0 radical (unpaired) electrons. The third-order valence-electron chi connectivity index (χ3n) is 2.85. The van der Waals surface area contributed by atoms with E-state index >= 15 is 0 Å². The maximum absolute atomic E-state index is 11.8. The molecule has 6 heteroatoms. The van der Waals surface area contributed by atoms with Crippen molar-refractivity contribution in [2.45, 2.75) is 27.2 Å². The molecule has 116 valence electrons. The van der Waals surface area contributed by atoms with E-state index in [0.717, 1.165) is 0 Å². The van der Waals surface area contributed by atoms with Crippen molar-refractivity contribution in [3.8, 4) is 5.75 Å². The molecule has 0 aliphatic carbocycles. The first-order valence-electron chi connectivity index (χ1n) is 6.75. The van der Waals surface area contributed by atoms with Gasteiger partial charge in [0.15, 0.2) is 0 Å². The van der Waals surface area contributed by atoms with Crippen LogP contribution < -0.4 is 21.1 Å². The number of ether oxygens (including phenoxy) is 1. The van der Waals surface area contributed by atoms with Crippen LogP contribution in [0, 0.1) is 5.41 Å². The first-order chi connectivity index (χ1) is 9.74. The van der Waals surface area contributed by atoms with E-state index in [1.54, 1.807) is 25.3 Å². The molecule has 6 nitrogen and oxygen atoms in total. The second-order valence-corrected chi connectivity index (χ2v) is 5.76. The third-order valence-corrected chi connectivity index (χ3v) is 2.85. The summed E-state index contributed by atoms with van der Waals surface area (Å²) in [6.45, 7) is 5.74. The number of hydrogen-bond acceptors (Lipinski definition) is 4. The summed E-state index contributed by atoms with van der Waals surface area (Å²) in [6, 6.07) is 5.03. The predicted octanol–water partition coefficient (Wildman–Crippen LogP) is 1.77. The van der Waals surface area contributed by atoms with Gasteiger partial charge >= 0.3 is 0 Å². The summed E-state index contributed by atoms with van der Waals surface area (Å²) in [6.07, 6.45) is 0.179. The van der Waals surface area contributed by atoms with E-state index in [-0.39, 0.29) is 24.8 Å². The van der Waals surface area contributed by atoms with Crippen LogP contribution in [0.15, 0.2) is 18.2 Å². The lowest BCUT2D eigenvalue weighted by Crippen LogP contribution is -2.36. The van der Waals surface area contributed by atoms with Crippen LogP contribution in [0.4, 0.5) is 11.4 Å². The molecule has 0 aliphatic heterocycles. The van der Waals surface area contributed by atoms with E-state index in [4.69, 9.17) is 10.5 Å². The average Bonchev–Trinajstić information content (AvgIpc) is 2.40. The van der Waals surface area contributed by atoms with Gasteiger partial charge in [-0.1, -0.05) is 20.8 Å². The second kappa shape index (κ2) is 6.97. The fourth-order valence-electron chi connectivity index (χ4n) is 1.54. The lowest BCUT2D eigenvalue weighted by molar-refractivity contribution is -0.128. The Hall–Kier alpha value is -2.24. The zero-order valence-corrected chi connectivity index (χ0v) is 12.9. The summed E-state index contributed by atoms with van der Waals surface area (Å²) in [5.74, 6) is 0.306. The Bertz CT molecular complexity index is 521. The van der Waals surface area contributed by atoms with Gasteiger partial charge in [0.05, 0.1) is 18.5 Å². The number of benzene rings is 1. The van der Waals surface area contributed by atoms with Crippen molar-refractivity contribution in [2.75, 3.05) is 24.7 Å². The number of nitrogens with one attached hydrogen (secondary N) is 2. The standard InChI is InChI=1S/C15H23N3O3/c1-15(2,3)14(20)17-8-7-13(19)18-12-9-10(21-4)5-6-11(12)16/h5-6,9H,7-8,16H2,1-4H3,(H,17,20)(H,18,19). The van der Waals surface area contributed by atoms with Gasteiger partial charge < -0.3 is 21.1 Å². The van der Waals surface area contributed by atoms with Gasteiger partial charge in [0.1, 0.15) is 5.75 Å². The molecule has 1 rings (SSSR count). The molecule has 2 amide bonds. The van der Waals surface area contributed by atoms with E-state index in [9.17, 15) is 9.59 Å². The highest BCUT2D eigenvalue weighted by Crippen LogP contribution is 2.24. The Morgan fingerprint density at radius 1 is 1.29 bits per heavy atom. The number of nitrogen functional groups attached to an aromatic ring is 1. The van der Waals surface area contributed by atoms with E-state index in [0.29, 0.717) is 17.1 Å². The third kappa shape index (κ3) is 5.33. The Balaban J connectivity index is 2.49. The van der Waals surface area contributed by atoms with Gasteiger partial charge in [-0.25, -0.2) is 0 Å². The molecule has 0 fully saturated rings. The summed E-state index contributed by atoms with van der Waals surface area (Å²) in [5.41, 5.74) is 6.28. The number of methoxy groups -OCH3 is 1. The number of amides is 2. The van der Waals surface area contributed by atoms with E-state index in [1.807, 2.05) is 20.8 Å². The Morgan fingerprint density at radius 2 is 1.95 bits per heavy atom. The van der Waals surface area contributed by atoms with Crippen LogP contribution in [0.5, 0.6) is 5.75 Å². The fourth-order valence-corrected chi connectivity index (χ4v) is 1.54. The van der Waals surface area contributed by atoms with Crippen LogP contribution in [0.3, 0.4) is 0 Å². The van der Waals surface area contributed by atoms with Gasteiger partial charge in [-0.2, -0.15) is 0 Å². The molecule has 0 atom stereocenters. The highest BCUT2D eigenvalue weighted by molar-refractivity contribution is 5.94. The molecule has 0 aliphatic rings.